The van der Waals surface area contributed by atoms with E-state index < -0.39 is 5.60 Å². The van der Waals surface area contributed by atoms with Crippen molar-refractivity contribution < 1.29 is 5.11 Å². The van der Waals surface area contributed by atoms with Gasteiger partial charge >= 0.3 is 0 Å². The van der Waals surface area contributed by atoms with Crippen molar-refractivity contribution in [3.8, 4) is 0 Å². The molecule has 0 spiro atoms. The molecule has 2 atom stereocenters. The van der Waals surface area contributed by atoms with Gasteiger partial charge in [0.2, 0.25) is 0 Å². The van der Waals surface area contributed by atoms with Crippen LogP contribution in [0.25, 0.3) is 0 Å². The minimum absolute atomic E-state index is 0.0453. The van der Waals surface area contributed by atoms with Gasteiger partial charge in [0.1, 0.15) is 5.60 Å². The second kappa shape index (κ2) is 4.23. The minimum atomic E-state index is -0.848. The molecule has 0 fully saturated rings. The molecule has 1 aliphatic carbocycles. The molecule has 0 heterocycles. The quantitative estimate of drug-likeness (QED) is 0.843. The second-order valence-corrected chi connectivity index (χ2v) is 4.89. The van der Waals surface area contributed by atoms with Gasteiger partial charge in [0, 0.05) is 6.42 Å². The summed E-state index contributed by atoms with van der Waals surface area (Å²) in [4.78, 5) is 0. The van der Waals surface area contributed by atoms with Crippen molar-refractivity contribution in [3.63, 3.8) is 0 Å². The topological polar surface area (TPSA) is 32.3 Å². The van der Waals surface area contributed by atoms with Gasteiger partial charge in [-0.1, -0.05) is 54.6 Å². The lowest BCUT2D eigenvalue weighted by molar-refractivity contribution is 0.0107. The Kier molecular flexibility index (Phi) is 2.69. The van der Waals surface area contributed by atoms with Crippen molar-refractivity contribution >= 4 is 0 Å². The predicted molar refractivity (Wildman–Crippen MR) is 72.3 cm³/mol. The fourth-order valence-corrected chi connectivity index (χ4v) is 3.02. The largest absolute Gasteiger partial charge is 0.383 e. The van der Waals surface area contributed by atoms with Gasteiger partial charge in [0.25, 0.3) is 0 Å². The van der Waals surface area contributed by atoms with Crippen LogP contribution in [-0.2, 0) is 12.0 Å². The summed E-state index contributed by atoms with van der Waals surface area (Å²) in [5.74, 6) is 0. The van der Waals surface area contributed by atoms with Gasteiger partial charge in [0.05, 0.1) is 6.04 Å². The SMILES string of the molecule is CN[C@H]1c2ccccc2C[C@@]1(O)c1ccccc1. The number of benzene rings is 2. The molecule has 2 aromatic carbocycles. The van der Waals surface area contributed by atoms with Crippen LogP contribution < -0.4 is 5.32 Å². The summed E-state index contributed by atoms with van der Waals surface area (Å²) < 4.78 is 0. The number of hydrogen-bond donors (Lipinski definition) is 2. The molecule has 0 amide bonds. The fraction of sp³-hybridized carbons (Fsp3) is 0.250. The first-order valence-corrected chi connectivity index (χ1v) is 6.28. The van der Waals surface area contributed by atoms with E-state index in [2.05, 4.69) is 17.4 Å². The van der Waals surface area contributed by atoms with E-state index in [9.17, 15) is 5.11 Å². The molecule has 0 aliphatic heterocycles. The van der Waals surface area contributed by atoms with E-state index in [1.165, 1.54) is 11.1 Å². The third-order valence-electron chi connectivity index (χ3n) is 3.87. The maximum absolute atomic E-state index is 11.1. The van der Waals surface area contributed by atoms with Gasteiger partial charge in [-0.2, -0.15) is 0 Å². The van der Waals surface area contributed by atoms with Crippen molar-refractivity contribution in [1.29, 1.82) is 0 Å². The van der Waals surface area contributed by atoms with Gasteiger partial charge in [-0.25, -0.2) is 0 Å². The number of likely N-dealkylation sites (N-methyl/N-ethyl adjacent to an activating group) is 1. The maximum atomic E-state index is 11.1. The van der Waals surface area contributed by atoms with E-state index in [-0.39, 0.29) is 6.04 Å². The fourth-order valence-electron chi connectivity index (χ4n) is 3.02. The lowest BCUT2D eigenvalue weighted by Crippen LogP contribution is -2.37. The van der Waals surface area contributed by atoms with Crippen LogP contribution in [0.1, 0.15) is 22.7 Å². The lowest BCUT2D eigenvalue weighted by atomic mass is 9.87. The third kappa shape index (κ3) is 1.57. The molecule has 18 heavy (non-hydrogen) atoms. The Balaban J connectivity index is 2.10. The molecule has 2 heteroatoms. The summed E-state index contributed by atoms with van der Waals surface area (Å²) in [6.45, 7) is 0. The maximum Gasteiger partial charge on any atom is 0.113 e. The van der Waals surface area contributed by atoms with Crippen LogP contribution in [0.2, 0.25) is 0 Å². The highest BCUT2D eigenvalue weighted by molar-refractivity contribution is 5.43. The molecular formula is C16H17NO. The van der Waals surface area contributed by atoms with Crippen molar-refractivity contribution in [2.24, 2.45) is 0 Å². The highest BCUT2D eigenvalue weighted by atomic mass is 16.3. The summed E-state index contributed by atoms with van der Waals surface area (Å²) in [5, 5.41) is 14.3. The normalized spacial score (nSPS) is 26.0. The zero-order valence-electron chi connectivity index (χ0n) is 10.4. The molecule has 1 aliphatic rings. The Morgan fingerprint density at radius 2 is 1.72 bits per heavy atom. The van der Waals surface area contributed by atoms with Crippen LogP contribution >= 0.6 is 0 Å². The van der Waals surface area contributed by atoms with Crippen LogP contribution in [0, 0.1) is 0 Å². The van der Waals surface area contributed by atoms with E-state index in [0.29, 0.717) is 6.42 Å². The molecule has 0 radical (unpaired) electrons. The van der Waals surface area contributed by atoms with Crippen LogP contribution in [-0.4, -0.2) is 12.2 Å². The highest BCUT2D eigenvalue weighted by Gasteiger charge is 2.44. The summed E-state index contributed by atoms with van der Waals surface area (Å²) in [6, 6.07) is 18.1. The van der Waals surface area contributed by atoms with Crippen LogP contribution in [0.3, 0.4) is 0 Å². The average molecular weight is 239 g/mol. The number of rotatable bonds is 2. The molecule has 0 unspecified atom stereocenters. The zero-order valence-corrected chi connectivity index (χ0v) is 10.4. The van der Waals surface area contributed by atoms with Crippen molar-refractivity contribution in [1.82, 2.24) is 5.32 Å². The first kappa shape index (κ1) is 11.5. The predicted octanol–water partition coefficient (Wildman–Crippen LogP) is 2.39. The highest BCUT2D eigenvalue weighted by Crippen LogP contribution is 2.45. The van der Waals surface area contributed by atoms with Crippen molar-refractivity contribution in [2.45, 2.75) is 18.1 Å². The summed E-state index contributed by atoms with van der Waals surface area (Å²) in [7, 11) is 1.90. The van der Waals surface area contributed by atoms with E-state index in [0.717, 1.165) is 5.56 Å². The Labute approximate surface area is 107 Å². The average Bonchev–Trinajstić information content (AvgIpc) is 2.72. The minimum Gasteiger partial charge on any atom is -0.383 e. The standard InChI is InChI=1S/C16H17NO/c1-17-15-14-10-6-5-7-12(14)11-16(15,18)13-8-3-2-4-9-13/h2-10,15,17-18H,11H2,1H3/t15-,16+/m0/s1. The molecule has 2 N–H and O–H groups in total. The van der Waals surface area contributed by atoms with Crippen LogP contribution in [0.5, 0.6) is 0 Å². The molecule has 2 aromatic rings. The number of nitrogens with one attached hydrogen (secondary N) is 1. The summed E-state index contributed by atoms with van der Waals surface area (Å²) >= 11 is 0. The Bertz CT molecular complexity index is 552. The monoisotopic (exact) mass is 239 g/mol. The summed E-state index contributed by atoms with van der Waals surface area (Å²) in [5.41, 5.74) is 2.55. The number of aliphatic hydroxyl groups is 1. The Morgan fingerprint density at radius 3 is 2.44 bits per heavy atom. The molecule has 0 saturated carbocycles. The number of hydrogen-bond acceptors (Lipinski definition) is 2. The molecular weight excluding hydrogens is 222 g/mol. The molecule has 2 nitrogen and oxygen atoms in total. The smallest absolute Gasteiger partial charge is 0.113 e. The van der Waals surface area contributed by atoms with Crippen LogP contribution in [0.4, 0.5) is 0 Å². The van der Waals surface area contributed by atoms with Crippen LogP contribution in [0.15, 0.2) is 54.6 Å². The molecule has 0 bridgehead atoms. The van der Waals surface area contributed by atoms with E-state index in [4.69, 9.17) is 0 Å². The Morgan fingerprint density at radius 1 is 1.06 bits per heavy atom. The van der Waals surface area contributed by atoms with Gasteiger partial charge in [-0.3, -0.25) is 0 Å². The van der Waals surface area contributed by atoms with Crippen molar-refractivity contribution in [3.05, 3.63) is 71.3 Å². The first-order valence-electron chi connectivity index (χ1n) is 6.28. The van der Waals surface area contributed by atoms with Crippen molar-refractivity contribution in [2.75, 3.05) is 7.05 Å². The van der Waals surface area contributed by atoms with Gasteiger partial charge in [-0.15, -0.1) is 0 Å². The Hall–Kier alpha value is -1.64. The van der Waals surface area contributed by atoms with E-state index in [1.807, 2.05) is 49.5 Å². The van der Waals surface area contributed by atoms with E-state index >= 15 is 0 Å². The van der Waals surface area contributed by atoms with Gasteiger partial charge in [-0.05, 0) is 23.7 Å². The second-order valence-electron chi connectivity index (χ2n) is 4.89. The third-order valence-corrected chi connectivity index (χ3v) is 3.87. The summed E-state index contributed by atoms with van der Waals surface area (Å²) in [6.07, 6.45) is 0.665. The molecule has 3 rings (SSSR count). The number of fused-ring (bicyclic) bond motifs is 1. The molecule has 0 saturated heterocycles. The molecule has 0 aromatic heterocycles. The lowest BCUT2D eigenvalue weighted by Gasteiger charge is -2.30. The molecule has 92 valence electrons. The zero-order chi connectivity index (χ0) is 12.6. The first-order chi connectivity index (χ1) is 8.75. The van der Waals surface area contributed by atoms with Gasteiger partial charge < -0.3 is 10.4 Å². The van der Waals surface area contributed by atoms with Gasteiger partial charge in [0.15, 0.2) is 0 Å². The van der Waals surface area contributed by atoms with E-state index in [1.54, 1.807) is 0 Å².